The lowest BCUT2D eigenvalue weighted by atomic mass is 10.2. The van der Waals surface area contributed by atoms with Gasteiger partial charge >= 0.3 is 5.97 Å². The summed E-state index contributed by atoms with van der Waals surface area (Å²) in [7, 11) is -2.31. The van der Waals surface area contributed by atoms with Gasteiger partial charge in [-0.2, -0.15) is 4.72 Å². The van der Waals surface area contributed by atoms with Crippen molar-refractivity contribution in [1.29, 1.82) is 0 Å². The molecule has 0 aliphatic carbocycles. The maximum atomic E-state index is 13.0. The molecule has 2 unspecified atom stereocenters. The summed E-state index contributed by atoms with van der Waals surface area (Å²) < 4.78 is 28.3. The van der Waals surface area contributed by atoms with E-state index in [1.165, 1.54) is 29.3 Å². The Hall–Kier alpha value is -3.28. The van der Waals surface area contributed by atoms with Gasteiger partial charge in [-0.1, -0.05) is 18.2 Å². The number of carboxylic acid groups (broad SMARTS) is 1. The van der Waals surface area contributed by atoms with Gasteiger partial charge in [0.15, 0.2) is 0 Å². The first kappa shape index (κ1) is 23.4. The molecule has 170 valence electrons. The summed E-state index contributed by atoms with van der Waals surface area (Å²) in [6.45, 7) is 1.75. The quantitative estimate of drug-likeness (QED) is 0.542. The molecule has 3 N–H and O–H groups in total. The molecule has 10 nitrogen and oxygen atoms in total. The second-order valence-electron chi connectivity index (χ2n) is 7.37. The third-order valence-electron chi connectivity index (χ3n) is 5.16. The Kier molecular flexibility index (Phi) is 6.92. The monoisotopic (exact) mass is 460 g/mol. The number of carbonyl (C=O) groups is 3. The zero-order valence-corrected chi connectivity index (χ0v) is 18.4. The van der Waals surface area contributed by atoms with Crippen LogP contribution in [0.1, 0.15) is 19.8 Å². The number of hydrazine groups is 1. The van der Waals surface area contributed by atoms with Crippen molar-refractivity contribution >= 4 is 39.2 Å². The van der Waals surface area contributed by atoms with Gasteiger partial charge in [0.1, 0.15) is 6.04 Å². The van der Waals surface area contributed by atoms with E-state index in [0.29, 0.717) is 11.4 Å². The Morgan fingerprint density at radius 3 is 2.25 bits per heavy atom. The number of amides is 2. The number of hydrogen-bond donors (Lipinski definition) is 3. The zero-order valence-electron chi connectivity index (χ0n) is 17.6. The van der Waals surface area contributed by atoms with E-state index in [1.807, 2.05) is 6.07 Å². The van der Waals surface area contributed by atoms with Gasteiger partial charge in [0, 0.05) is 19.2 Å². The summed E-state index contributed by atoms with van der Waals surface area (Å²) in [5.41, 5.74) is 0.969. The summed E-state index contributed by atoms with van der Waals surface area (Å²) in [4.78, 5) is 35.2. The molecule has 0 spiro atoms. The molecule has 0 bridgehead atoms. The average molecular weight is 461 g/mol. The van der Waals surface area contributed by atoms with Gasteiger partial charge in [-0.3, -0.25) is 14.4 Å². The molecule has 2 aromatic carbocycles. The van der Waals surface area contributed by atoms with Crippen LogP contribution in [0.15, 0.2) is 59.5 Å². The SMILES string of the molecule is CC1C(NS(=O)(=O)c2ccc(NC(=O)CCC(=O)O)cc2)C(=O)N(c2ccccc2)N1C. The number of sulfonamides is 1. The first-order chi connectivity index (χ1) is 15.1. The topological polar surface area (TPSA) is 136 Å². The van der Waals surface area contributed by atoms with E-state index in [2.05, 4.69) is 10.0 Å². The number of carbonyl (C=O) groups excluding carboxylic acids is 2. The number of benzene rings is 2. The summed E-state index contributed by atoms with van der Waals surface area (Å²) in [6.07, 6.45) is -0.492. The van der Waals surface area contributed by atoms with Crippen molar-refractivity contribution in [1.82, 2.24) is 9.73 Å². The normalized spacial score (nSPS) is 19.2. The van der Waals surface area contributed by atoms with E-state index >= 15 is 0 Å². The maximum absolute atomic E-state index is 13.0. The Balaban J connectivity index is 1.71. The number of hydrogen-bond acceptors (Lipinski definition) is 6. The first-order valence-corrected chi connectivity index (χ1v) is 11.3. The highest BCUT2D eigenvalue weighted by atomic mass is 32.2. The number of aliphatic carboxylic acids is 1. The minimum Gasteiger partial charge on any atom is -0.481 e. The number of para-hydroxylation sites is 1. The highest BCUT2D eigenvalue weighted by Gasteiger charge is 2.45. The van der Waals surface area contributed by atoms with E-state index < -0.39 is 39.9 Å². The molecule has 0 radical (unpaired) electrons. The van der Waals surface area contributed by atoms with Crippen LogP contribution in [-0.4, -0.2) is 55.4 Å². The summed E-state index contributed by atoms with van der Waals surface area (Å²) in [6, 6.07) is 12.9. The van der Waals surface area contributed by atoms with Gasteiger partial charge in [0.05, 0.1) is 23.0 Å². The Labute approximate surface area is 185 Å². The Morgan fingerprint density at radius 2 is 1.66 bits per heavy atom. The maximum Gasteiger partial charge on any atom is 0.303 e. The van der Waals surface area contributed by atoms with Gasteiger partial charge in [-0.05, 0) is 43.3 Å². The lowest BCUT2D eigenvalue weighted by molar-refractivity contribution is -0.138. The highest BCUT2D eigenvalue weighted by molar-refractivity contribution is 7.89. The zero-order chi connectivity index (χ0) is 23.5. The van der Waals surface area contributed by atoms with Crippen LogP contribution in [0, 0.1) is 0 Å². The minimum absolute atomic E-state index is 0.0677. The first-order valence-electron chi connectivity index (χ1n) is 9.86. The molecule has 1 aliphatic heterocycles. The van der Waals surface area contributed by atoms with E-state index in [1.54, 1.807) is 43.2 Å². The molecular formula is C21H24N4O6S. The molecule has 1 heterocycles. The molecule has 0 aromatic heterocycles. The fourth-order valence-corrected chi connectivity index (χ4v) is 4.58. The molecular weight excluding hydrogens is 436 g/mol. The predicted octanol–water partition coefficient (Wildman–Crippen LogP) is 1.42. The fourth-order valence-electron chi connectivity index (χ4n) is 3.32. The average Bonchev–Trinajstić information content (AvgIpc) is 2.96. The van der Waals surface area contributed by atoms with Crippen LogP contribution in [0.4, 0.5) is 11.4 Å². The fraction of sp³-hybridized carbons (Fsp3) is 0.286. The lowest BCUT2D eigenvalue weighted by Crippen LogP contribution is -2.45. The van der Waals surface area contributed by atoms with Crippen molar-refractivity contribution in [3.8, 4) is 0 Å². The smallest absolute Gasteiger partial charge is 0.303 e. The number of carboxylic acids is 1. The molecule has 2 amide bonds. The van der Waals surface area contributed by atoms with E-state index in [9.17, 15) is 22.8 Å². The van der Waals surface area contributed by atoms with Crippen LogP contribution in [0.3, 0.4) is 0 Å². The van der Waals surface area contributed by atoms with E-state index in [-0.39, 0.29) is 17.7 Å². The number of rotatable bonds is 8. The van der Waals surface area contributed by atoms with Crippen LogP contribution < -0.4 is 15.0 Å². The van der Waals surface area contributed by atoms with Gasteiger partial charge < -0.3 is 10.4 Å². The molecule has 32 heavy (non-hydrogen) atoms. The predicted molar refractivity (Wildman–Crippen MR) is 117 cm³/mol. The largest absolute Gasteiger partial charge is 0.481 e. The van der Waals surface area contributed by atoms with E-state index in [4.69, 9.17) is 5.11 Å². The third-order valence-corrected chi connectivity index (χ3v) is 6.62. The molecule has 0 saturated carbocycles. The van der Waals surface area contributed by atoms with Crippen LogP contribution in [-0.2, 0) is 24.4 Å². The van der Waals surface area contributed by atoms with Gasteiger partial charge in [-0.15, -0.1) is 0 Å². The van der Waals surface area contributed by atoms with Gasteiger partial charge in [0.25, 0.3) is 5.91 Å². The summed E-state index contributed by atoms with van der Waals surface area (Å²) in [5, 5.41) is 14.2. The minimum atomic E-state index is -4.02. The van der Waals surface area contributed by atoms with Crippen molar-refractivity contribution in [3.05, 3.63) is 54.6 Å². The molecule has 11 heteroatoms. The third kappa shape index (κ3) is 5.13. The van der Waals surface area contributed by atoms with Crippen LogP contribution >= 0.6 is 0 Å². The molecule has 1 aliphatic rings. The summed E-state index contributed by atoms with van der Waals surface area (Å²) >= 11 is 0. The van der Waals surface area contributed by atoms with Gasteiger partial charge in [-0.25, -0.2) is 18.4 Å². The molecule has 1 fully saturated rings. The Bertz CT molecular complexity index is 1100. The van der Waals surface area contributed by atoms with Crippen LogP contribution in [0.5, 0.6) is 0 Å². The number of nitrogens with one attached hydrogen (secondary N) is 2. The van der Waals surface area contributed by atoms with Crippen molar-refractivity contribution in [2.75, 3.05) is 17.4 Å². The second-order valence-corrected chi connectivity index (χ2v) is 9.08. The van der Waals surface area contributed by atoms with Crippen LogP contribution in [0.25, 0.3) is 0 Å². The van der Waals surface area contributed by atoms with Crippen molar-refractivity contribution < 1.29 is 27.9 Å². The number of anilines is 2. The lowest BCUT2D eigenvalue weighted by Gasteiger charge is -2.26. The van der Waals surface area contributed by atoms with Crippen molar-refractivity contribution in [2.45, 2.75) is 36.7 Å². The second kappa shape index (κ2) is 9.47. The molecule has 3 rings (SSSR count). The molecule has 2 atom stereocenters. The van der Waals surface area contributed by atoms with Gasteiger partial charge in [0.2, 0.25) is 15.9 Å². The molecule has 2 aromatic rings. The summed E-state index contributed by atoms with van der Waals surface area (Å²) in [5.74, 6) is -1.97. The standard InChI is InChI=1S/C21H24N4O6S/c1-14-20(21(29)25(24(14)2)16-6-4-3-5-7-16)23-32(30,31)17-10-8-15(9-11-17)22-18(26)12-13-19(27)28/h3-11,14,20,23H,12-13H2,1-2H3,(H,22,26)(H,27,28). The van der Waals surface area contributed by atoms with Crippen molar-refractivity contribution in [3.63, 3.8) is 0 Å². The number of nitrogens with zero attached hydrogens (tertiary/aromatic N) is 2. The number of likely N-dealkylation sites (N-methyl/N-ethyl adjacent to an activating group) is 1. The molecule has 1 saturated heterocycles. The Morgan fingerprint density at radius 1 is 1.03 bits per heavy atom. The van der Waals surface area contributed by atoms with Crippen LogP contribution in [0.2, 0.25) is 0 Å². The van der Waals surface area contributed by atoms with E-state index in [0.717, 1.165) is 0 Å². The highest BCUT2D eigenvalue weighted by Crippen LogP contribution is 2.27. The van der Waals surface area contributed by atoms with Crippen molar-refractivity contribution in [2.24, 2.45) is 0 Å².